The van der Waals surface area contributed by atoms with E-state index in [4.69, 9.17) is 15.2 Å². The van der Waals surface area contributed by atoms with Gasteiger partial charge in [0.25, 0.3) is 0 Å². The molecule has 1 aromatic rings. The van der Waals surface area contributed by atoms with Crippen molar-refractivity contribution in [1.82, 2.24) is 0 Å². The van der Waals surface area contributed by atoms with Gasteiger partial charge in [-0.1, -0.05) is 6.07 Å². The highest BCUT2D eigenvalue weighted by Gasteiger charge is 2.09. The smallest absolute Gasteiger partial charge is 0.144 e. The molecule has 0 aliphatic rings. The summed E-state index contributed by atoms with van der Waals surface area (Å²) in [6, 6.07) is 5.98. The van der Waals surface area contributed by atoms with Crippen LogP contribution in [0.25, 0.3) is 0 Å². The Labute approximate surface area is 109 Å². The fourth-order valence-electron chi connectivity index (χ4n) is 1.63. The third kappa shape index (κ3) is 4.45. The lowest BCUT2D eigenvalue weighted by molar-refractivity contribution is 0.141. The standard InChI is InChI=1S/C14H24N2O2/c1-5-17-9-11(4)16-12-7-6-8-13(14(12)15)18-10(2)3/h6-8,10-11,16H,5,9,15H2,1-4H3. The Bertz CT molecular complexity index is 367. The molecule has 4 heteroatoms. The van der Waals surface area contributed by atoms with Crippen LogP contribution in [0.1, 0.15) is 27.7 Å². The van der Waals surface area contributed by atoms with Crippen LogP contribution >= 0.6 is 0 Å². The number of anilines is 2. The number of nitrogens with one attached hydrogen (secondary N) is 1. The minimum atomic E-state index is 0.114. The highest BCUT2D eigenvalue weighted by atomic mass is 16.5. The van der Waals surface area contributed by atoms with Gasteiger partial charge in [0.1, 0.15) is 5.75 Å². The van der Waals surface area contributed by atoms with E-state index in [1.807, 2.05) is 39.0 Å². The summed E-state index contributed by atoms with van der Waals surface area (Å²) in [4.78, 5) is 0. The number of nitrogens with two attached hydrogens (primary N) is 1. The average molecular weight is 252 g/mol. The first-order valence-electron chi connectivity index (χ1n) is 6.44. The molecule has 4 nitrogen and oxygen atoms in total. The van der Waals surface area contributed by atoms with Crippen LogP contribution in [-0.2, 0) is 4.74 Å². The molecule has 0 saturated heterocycles. The molecular weight excluding hydrogens is 228 g/mol. The molecule has 3 N–H and O–H groups in total. The van der Waals surface area contributed by atoms with E-state index in [2.05, 4.69) is 12.2 Å². The number of hydrogen-bond acceptors (Lipinski definition) is 4. The van der Waals surface area contributed by atoms with Gasteiger partial charge in [-0.05, 0) is 39.8 Å². The second-order valence-electron chi connectivity index (χ2n) is 4.59. The maximum atomic E-state index is 6.08. The van der Waals surface area contributed by atoms with Crippen LogP contribution in [0.3, 0.4) is 0 Å². The Morgan fingerprint density at radius 3 is 2.61 bits per heavy atom. The van der Waals surface area contributed by atoms with E-state index in [0.717, 1.165) is 18.0 Å². The summed E-state index contributed by atoms with van der Waals surface area (Å²) in [6.45, 7) is 9.39. The monoisotopic (exact) mass is 252 g/mol. The Morgan fingerprint density at radius 2 is 2.00 bits per heavy atom. The molecule has 1 unspecified atom stereocenters. The van der Waals surface area contributed by atoms with Crippen molar-refractivity contribution in [2.24, 2.45) is 0 Å². The molecule has 0 spiro atoms. The Hall–Kier alpha value is -1.42. The summed E-state index contributed by atoms with van der Waals surface area (Å²) in [5, 5.41) is 3.33. The maximum absolute atomic E-state index is 6.08. The van der Waals surface area contributed by atoms with Gasteiger partial charge in [-0.2, -0.15) is 0 Å². The van der Waals surface area contributed by atoms with Gasteiger partial charge < -0.3 is 20.5 Å². The molecule has 0 amide bonds. The van der Waals surface area contributed by atoms with Gasteiger partial charge in [-0.15, -0.1) is 0 Å². The maximum Gasteiger partial charge on any atom is 0.144 e. The number of rotatable bonds is 7. The van der Waals surface area contributed by atoms with Crippen LogP contribution in [0.4, 0.5) is 11.4 Å². The Morgan fingerprint density at radius 1 is 1.28 bits per heavy atom. The highest BCUT2D eigenvalue weighted by molar-refractivity contribution is 5.73. The molecule has 0 aliphatic heterocycles. The van der Waals surface area contributed by atoms with Gasteiger partial charge >= 0.3 is 0 Å². The van der Waals surface area contributed by atoms with Crippen LogP contribution in [0.2, 0.25) is 0 Å². The molecule has 1 rings (SSSR count). The molecule has 1 aromatic carbocycles. The SMILES string of the molecule is CCOCC(C)Nc1cccc(OC(C)C)c1N. The predicted molar refractivity (Wildman–Crippen MR) is 76.2 cm³/mol. The molecule has 0 fully saturated rings. The topological polar surface area (TPSA) is 56.5 Å². The molecular formula is C14H24N2O2. The normalized spacial score (nSPS) is 12.5. The third-order valence-corrected chi connectivity index (χ3v) is 2.40. The Balaban J connectivity index is 2.71. The molecule has 0 saturated carbocycles. The van der Waals surface area contributed by atoms with E-state index < -0.39 is 0 Å². The molecule has 1 atom stereocenters. The Kier molecular flexibility index (Phi) is 5.78. The fraction of sp³-hybridized carbons (Fsp3) is 0.571. The minimum Gasteiger partial charge on any atom is -0.489 e. The van der Waals surface area contributed by atoms with Crippen molar-refractivity contribution < 1.29 is 9.47 Å². The van der Waals surface area contributed by atoms with Crippen molar-refractivity contribution >= 4 is 11.4 Å². The molecule has 0 radical (unpaired) electrons. The lowest BCUT2D eigenvalue weighted by atomic mass is 10.2. The van der Waals surface area contributed by atoms with Crippen LogP contribution in [0.5, 0.6) is 5.75 Å². The zero-order chi connectivity index (χ0) is 13.5. The van der Waals surface area contributed by atoms with Crippen LogP contribution in [0.15, 0.2) is 18.2 Å². The van der Waals surface area contributed by atoms with Crippen molar-refractivity contribution in [3.63, 3.8) is 0 Å². The van der Waals surface area contributed by atoms with Gasteiger partial charge in [0, 0.05) is 12.6 Å². The summed E-state index contributed by atoms with van der Waals surface area (Å²) in [5.74, 6) is 0.721. The molecule has 0 aliphatic carbocycles. The van der Waals surface area contributed by atoms with E-state index >= 15 is 0 Å². The average Bonchev–Trinajstić information content (AvgIpc) is 2.31. The number of ether oxygens (including phenoxy) is 2. The van der Waals surface area contributed by atoms with Crippen LogP contribution < -0.4 is 15.8 Å². The summed E-state index contributed by atoms with van der Waals surface area (Å²) < 4.78 is 11.0. The highest BCUT2D eigenvalue weighted by Crippen LogP contribution is 2.30. The number of benzene rings is 1. The van der Waals surface area contributed by atoms with Crippen LogP contribution in [-0.4, -0.2) is 25.4 Å². The third-order valence-electron chi connectivity index (χ3n) is 2.40. The van der Waals surface area contributed by atoms with E-state index in [1.54, 1.807) is 0 Å². The van der Waals surface area contributed by atoms with E-state index in [-0.39, 0.29) is 12.1 Å². The lowest BCUT2D eigenvalue weighted by Crippen LogP contribution is -2.22. The summed E-state index contributed by atoms with van der Waals surface area (Å²) in [6.07, 6.45) is 0.114. The number of para-hydroxylation sites is 1. The van der Waals surface area contributed by atoms with Gasteiger partial charge in [0.05, 0.1) is 24.1 Å². The number of hydrogen-bond donors (Lipinski definition) is 2. The first-order chi connectivity index (χ1) is 8.54. The van der Waals surface area contributed by atoms with Gasteiger partial charge in [0.15, 0.2) is 0 Å². The predicted octanol–water partition coefficient (Wildman–Crippen LogP) is 2.89. The molecule has 0 bridgehead atoms. The second kappa shape index (κ2) is 7.11. The molecule has 0 aromatic heterocycles. The summed E-state index contributed by atoms with van der Waals surface area (Å²) >= 11 is 0. The first kappa shape index (κ1) is 14.6. The van der Waals surface area contributed by atoms with Crippen molar-refractivity contribution in [2.75, 3.05) is 24.3 Å². The summed E-state index contributed by atoms with van der Waals surface area (Å²) in [7, 11) is 0. The lowest BCUT2D eigenvalue weighted by Gasteiger charge is -2.19. The van der Waals surface area contributed by atoms with Crippen molar-refractivity contribution in [1.29, 1.82) is 0 Å². The van der Waals surface area contributed by atoms with Crippen molar-refractivity contribution in [3.05, 3.63) is 18.2 Å². The fourth-order valence-corrected chi connectivity index (χ4v) is 1.63. The second-order valence-corrected chi connectivity index (χ2v) is 4.59. The van der Waals surface area contributed by atoms with Gasteiger partial charge in [-0.25, -0.2) is 0 Å². The van der Waals surface area contributed by atoms with Gasteiger partial charge in [-0.3, -0.25) is 0 Å². The van der Waals surface area contributed by atoms with E-state index in [9.17, 15) is 0 Å². The quantitative estimate of drug-likeness (QED) is 0.733. The number of nitrogen functional groups attached to an aromatic ring is 1. The summed E-state index contributed by atoms with van der Waals surface area (Å²) in [5.41, 5.74) is 7.62. The van der Waals surface area contributed by atoms with Crippen molar-refractivity contribution in [3.8, 4) is 5.75 Å². The minimum absolute atomic E-state index is 0.114. The van der Waals surface area contributed by atoms with E-state index in [1.165, 1.54) is 0 Å². The van der Waals surface area contributed by atoms with Gasteiger partial charge in [0.2, 0.25) is 0 Å². The van der Waals surface area contributed by atoms with Crippen molar-refractivity contribution in [2.45, 2.75) is 39.8 Å². The zero-order valence-electron chi connectivity index (χ0n) is 11.7. The largest absolute Gasteiger partial charge is 0.489 e. The molecule has 18 heavy (non-hydrogen) atoms. The first-order valence-corrected chi connectivity index (χ1v) is 6.44. The zero-order valence-corrected chi connectivity index (χ0v) is 11.7. The molecule has 0 heterocycles. The van der Waals surface area contributed by atoms with Crippen LogP contribution in [0, 0.1) is 0 Å². The van der Waals surface area contributed by atoms with E-state index in [0.29, 0.717) is 12.3 Å². The molecule has 102 valence electrons.